The third-order valence-corrected chi connectivity index (χ3v) is 5.72. The molecule has 0 saturated heterocycles. The highest BCUT2D eigenvalue weighted by Crippen LogP contribution is 2.27. The molecule has 0 bridgehead atoms. The summed E-state index contributed by atoms with van der Waals surface area (Å²) in [5, 5.41) is 6.00. The topological polar surface area (TPSA) is 62.6 Å². The van der Waals surface area contributed by atoms with Gasteiger partial charge in [-0.25, -0.2) is 0 Å². The molecule has 3 rings (SSSR count). The van der Waals surface area contributed by atoms with Crippen LogP contribution >= 0.6 is 0 Å². The SMILES string of the molecule is Cc1cccc(NC(=O)C[NH+](C)[C@@H](C)C(=O)Nc2ccccc2-c2ccccc2)c1C. The molecule has 0 aliphatic carbocycles. The van der Waals surface area contributed by atoms with Gasteiger partial charge in [-0.15, -0.1) is 0 Å². The van der Waals surface area contributed by atoms with Gasteiger partial charge in [0.15, 0.2) is 12.6 Å². The molecular formula is C26H30N3O2+. The molecule has 0 aliphatic heterocycles. The summed E-state index contributed by atoms with van der Waals surface area (Å²) in [6, 6.07) is 23.1. The highest BCUT2D eigenvalue weighted by molar-refractivity contribution is 5.98. The monoisotopic (exact) mass is 416 g/mol. The van der Waals surface area contributed by atoms with Crippen LogP contribution in [0.1, 0.15) is 18.1 Å². The van der Waals surface area contributed by atoms with Crippen LogP contribution in [0.2, 0.25) is 0 Å². The number of hydrogen-bond acceptors (Lipinski definition) is 2. The van der Waals surface area contributed by atoms with Crippen molar-refractivity contribution >= 4 is 23.2 Å². The maximum atomic E-state index is 12.9. The van der Waals surface area contributed by atoms with E-state index in [1.165, 1.54) is 0 Å². The largest absolute Gasteiger partial charge is 0.321 e. The molecule has 1 unspecified atom stereocenters. The van der Waals surface area contributed by atoms with Gasteiger partial charge in [0.2, 0.25) is 0 Å². The Morgan fingerprint density at radius 1 is 0.839 bits per heavy atom. The Morgan fingerprint density at radius 3 is 2.23 bits per heavy atom. The first-order chi connectivity index (χ1) is 14.9. The lowest BCUT2D eigenvalue weighted by Gasteiger charge is -2.21. The van der Waals surface area contributed by atoms with E-state index in [0.717, 1.165) is 38.5 Å². The fraction of sp³-hybridized carbons (Fsp3) is 0.231. The van der Waals surface area contributed by atoms with E-state index in [-0.39, 0.29) is 18.4 Å². The zero-order chi connectivity index (χ0) is 22.4. The number of nitrogens with one attached hydrogen (secondary N) is 3. The van der Waals surface area contributed by atoms with Crippen molar-refractivity contribution in [1.29, 1.82) is 0 Å². The van der Waals surface area contributed by atoms with Crippen LogP contribution in [0.15, 0.2) is 72.8 Å². The lowest BCUT2D eigenvalue weighted by Crippen LogP contribution is -3.14. The number of amides is 2. The fourth-order valence-electron chi connectivity index (χ4n) is 3.41. The Labute approximate surface area is 184 Å². The van der Waals surface area contributed by atoms with Crippen LogP contribution in [0.4, 0.5) is 11.4 Å². The van der Waals surface area contributed by atoms with E-state index in [4.69, 9.17) is 0 Å². The smallest absolute Gasteiger partial charge is 0.282 e. The molecule has 3 N–H and O–H groups in total. The molecule has 0 fully saturated rings. The minimum absolute atomic E-state index is 0.115. The molecule has 0 radical (unpaired) electrons. The molecule has 5 heteroatoms. The normalized spacial score (nSPS) is 12.6. The second-order valence-corrected chi connectivity index (χ2v) is 7.94. The minimum atomic E-state index is -0.395. The van der Waals surface area contributed by atoms with Crippen molar-refractivity contribution in [2.45, 2.75) is 26.8 Å². The van der Waals surface area contributed by atoms with Gasteiger partial charge < -0.3 is 15.5 Å². The Bertz CT molecular complexity index is 1060. The first-order valence-electron chi connectivity index (χ1n) is 10.5. The quantitative estimate of drug-likeness (QED) is 0.552. The zero-order valence-electron chi connectivity index (χ0n) is 18.5. The molecule has 5 nitrogen and oxygen atoms in total. The molecule has 3 aromatic carbocycles. The number of aryl methyl sites for hydroxylation is 1. The predicted octanol–water partition coefficient (Wildman–Crippen LogP) is 3.45. The summed E-state index contributed by atoms with van der Waals surface area (Å²) in [4.78, 5) is 26.3. The Hall–Kier alpha value is -3.44. The van der Waals surface area contributed by atoms with Crippen LogP contribution in [0.25, 0.3) is 11.1 Å². The van der Waals surface area contributed by atoms with Crippen LogP contribution in [-0.4, -0.2) is 31.4 Å². The summed E-state index contributed by atoms with van der Waals surface area (Å²) >= 11 is 0. The number of rotatable bonds is 7. The van der Waals surface area contributed by atoms with Gasteiger partial charge >= 0.3 is 0 Å². The average molecular weight is 417 g/mol. The molecule has 0 saturated carbocycles. The highest BCUT2D eigenvalue weighted by Gasteiger charge is 2.25. The van der Waals surface area contributed by atoms with E-state index in [9.17, 15) is 9.59 Å². The minimum Gasteiger partial charge on any atom is -0.321 e. The molecular weight excluding hydrogens is 386 g/mol. The van der Waals surface area contributed by atoms with Gasteiger partial charge in [-0.1, -0.05) is 60.7 Å². The number of carbonyl (C=O) groups excluding carboxylic acids is 2. The van der Waals surface area contributed by atoms with Gasteiger partial charge in [0.05, 0.1) is 7.05 Å². The van der Waals surface area contributed by atoms with Crippen LogP contribution in [0, 0.1) is 13.8 Å². The number of carbonyl (C=O) groups is 2. The third-order valence-electron chi connectivity index (χ3n) is 5.72. The molecule has 160 valence electrons. The highest BCUT2D eigenvalue weighted by atomic mass is 16.2. The standard InChI is InChI=1S/C26H29N3O2/c1-18-11-10-16-23(19(18)2)27-25(30)17-29(4)20(3)26(31)28-24-15-9-8-14-22(24)21-12-6-5-7-13-21/h5-16,20H,17H2,1-4H3,(H,27,30)(H,28,31)/p+1/t20-/m0/s1. The number of benzene rings is 3. The molecule has 0 aliphatic rings. The molecule has 31 heavy (non-hydrogen) atoms. The summed E-state index contributed by atoms with van der Waals surface area (Å²) in [5.41, 5.74) is 5.76. The van der Waals surface area contributed by atoms with Crippen molar-refractivity contribution in [3.8, 4) is 11.1 Å². The number of para-hydroxylation sites is 1. The number of anilines is 2. The van der Waals surface area contributed by atoms with E-state index >= 15 is 0 Å². The van der Waals surface area contributed by atoms with E-state index in [0.29, 0.717) is 0 Å². The maximum Gasteiger partial charge on any atom is 0.282 e. The average Bonchev–Trinajstić information content (AvgIpc) is 2.77. The van der Waals surface area contributed by atoms with E-state index < -0.39 is 6.04 Å². The molecule has 0 heterocycles. The zero-order valence-corrected chi connectivity index (χ0v) is 18.5. The second kappa shape index (κ2) is 10.0. The number of likely N-dealkylation sites (N-methyl/N-ethyl adjacent to an activating group) is 1. The fourth-order valence-corrected chi connectivity index (χ4v) is 3.41. The molecule has 0 aromatic heterocycles. The van der Waals surface area contributed by atoms with Crippen molar-refractivity contribution in [3.05, 3.63) is 83.9 Å². The van der Waals surface area contributed by atoms with Crippen molar-refractivity contribution in [1.82, 2.24) is 0 Å². The van der Waals surface area contributed by atoms with E-state index in [2.05, 4.69) is 10.6 Å². The van der Waals surface area contributed by atoms with Gasteiger partial charge in [0.25, 0.3) is 11.8 Å². The van der Waals surface area contributed by atoms with Crippen LogP contribution in [0.3, 0.4) is 0 Å². The first-order valence-corrected chi connectivity index (χ1v) is 10.5. The van der Waals surface area contributed by atoms with Crippen LogP contribution in [0.5, 0.6) is 0 Å². The van der Waals surface area contributed by atoms with Gasteiger partial charge in [0.1, 0.15) is 0 Å². The number of quaternary nitrogens is 1. The van der Waals surface area contributed by atoms with E-state index in [1.54, 1.807) is 0 Å². The Kier molecular flexibility index (Phi) is 7.21. The van der Waals surface area contributed by atoms with Crippen molar-refractivity contribution in [2.24, 2.45) is 0 Å². The molecule has 2 amide bonds. The van der Waals surface area contributed by atoms with Gasteiger partial charge in [0, 0.05) is 16.9 Å². The van der Waals surface area contributed by atoms with E-state index in [1.807, 2.05) is 101 Å². The van der Waals surface area contributed by atoms with Crippen LogP contribution < -0.4 is 15.5 Å². The lowest BCUT2D eigenvalue weighted by atomic mass is 10.0. The lowest BCUT2D eigenvalue weighted by molar-refractivity contribution is -0.885. The predicted molar refractivity (Wildman–Crippen MR) is 126 cm³/mol. The summed E-state index contributed by atoms with van der Waals surface area (Å²) in [7, 11) is 1.86. The Morgan fingerprint density at radius 2 is 1.48 bits per heavy atom. The molecule has 3 aromatic rings. The van der Waals surface area contributed by atoms with Gasteiger partial charge in [-0.3, -0.25) is 9.59 Å². The van der Waals surface area contributed by atoms with Crippen molar-refractivity contribution in [2.75, 3.05) is 24.2 Å². The second-order valence-electron chi connectivity index (χ2n) is 7.94. The van der Waals surface area contributed by atoms with Gasteiger partial charge in [-0.2, -0.15) is 0 Å². The maximum absolute atomic E-state index is 12.9. The van der Waals surface area contributed by atoms with Crippen LogP contribution in [-0.2, 0) is 9.59 Å². The number of hydrogen-bond donors (Lipinski definition) is 3. The van der Waals surface area contributed by atoms with Crippen molar-refractivity contribution < 1.29 is 14.5 Å². The summed E-state index contributed by atoms with van der Waals surface area (Å²) < 4.78 is 0. The van der Waals surface area contributed by atoms with Gasteiger partial charge in [-0.05, 0) is 49.6 Å². The third kappa shape index (κ3) is 5.58. The summed E-state index contributed by atoms with van der Waals surface area (Å²) in [5.74, 6) is -0.240. The summed E-state index contributed by atoms with van der Waals surface area (Å²) in [6.45, 7) is 6.03. The summed E-state index contributed by atoms with van der Waals surface area (Å²) in [6.07, 6.45) is 0. The molecule has 2 atom stereocenters. The first kappa shape index (κ1) is 22.2. The molecule has 0 spiro atoms. The Balaban J connectivity index is 1.64. The van der Waals surface area contributed by atoms with Crippen molar-refractivity contribution in [3.63, 3.8) is 0 Å².